The van der Waals surface area contributed by atoms with Crippen molar-refractivity contribution in [2.45, 2.75) is 11.8 Å². The molecule has 0 unspecified atom stereocenters. The number of benzene rings is 2. The van der Waals surface area contributed by atoms with E-state index < -0.39 is 20.6 Å². The summed E-state index contributed by atoms with van der Waals surface area (Å²) in [5.41, 5.74) is 0.479. The molecule has 10 heteroatoms. The van der Waals surface area contributed by atoms with Gasteiger partial charge < -0.3 is 9.64 Å². The van der Waals surface area contributed by atoms with Gasteiger partial charge in [-0.2, -0.15) is 4.31 Å². The second-order valence-electron chi connectivity index (χ2n) is 6.63. The second kappa shape index (κ2) is 8.04. The van der Waals surface area contributed by atoms with Crippen molar-refractivity contribution in [3.8, 4) is 11.5 Å². The van der Waals surface area contributed by atoms with E-state index in [0.717, 1.165) is 11.6 Å². The number of aryl methyl sites for hydroxylation is 1. The Kier molecular flexibility index (Phi) is 5.90. The molecular formula is C18H20ClN3O5S. The molecule has 0 spiro atoms. The normalized spacial score (nSPS) is 16.1. The van der Waals surface area contributed by atoms with Crippen LogP contribution in [0.5, 0.6) is 11.5 Å². The zero-order valence-electron chi connectivity index (χ0n) is 15.5. The minimum absolute atomic E-state index is 0.0759. The molecule has 28 heavy (non-hydrogen) atoms. The summed E-state index contributed by atoms with van der Waals surface area (Å²) in [7, 11) is -1.91. The summed E-state index contributed by atoms with van der Waals surface area (Å²) in [5.74, 6) is 0.179. The van der Waals surface area contributed by atoms with Gasteiger partial charge in [-0.05, 0) is 43.8 Å². The minimum Gasteiger partial charge on any atom is -0.449 e. The number of hydrogen-bond acceptors (Lipinski definition) is 6. The molecule has 2 aromatic carbocycles. The first-order chi connectivity index (χ1) is 13.2. The van der Waals surface area contributed by atoms with E-state index in [0.29, 0.717) is 31.2 Å². The maximum absolute atomic E-state index is 12.9. The maximum Gasteiger partial charge on any atom is 0.312 e. The van der Waals surface area contributed by atoms with Gasteiger partial charge in [0.15, 0.2) is 0 Å². The molecule has 0 aromatic heterocycles. The highest BCUT2D eigenvalue weighted by Crippen LogP contribution is 2.37. The lowest BCUT2D eigenvalue weighted by molar-refractivity contribution is -0.385. The van der Waals surface area contributed by atoms with Crippen molar-refractivity contribution in [1.29, 1.82) is 0 Å². The number of hydrogen-bond donors (Lipinski definition) is 0. The van der Waals surface area contributed by atoms with E-state index in [1.807, 2.05) is 18.9 Å². The first kappa shape index (κ1) is 20.5. The summed E-state index contributed by atoms with van der Waals surface area (Å²) in [6.45, 7) is 3.74. The third-order valence-electron chi connectivity index (χ3n) is 4.53. The van der Waals surface area contributed by atoms with E-state index in [2.05, 4.69) is 0 Å². The summed E-state index contributed by atoms with van der Waals surface area (Å²) < 4.78 is 32.6. The number of likely N-dealkylation sites (N-methyl/N-ethyl adjacent to an activating group) is 1. The molecular weight excluding hydrogens is 406 g/mol. The number of piperazine rings is 1. The van der Waals surface area contributed by atoms with Crippen molar-refractivity contribution in [2.75, 3.05) is 33.2 Å². The van der Waals surface area contributed by atoms with Crippen LogP contribution in [-0.2, 0) is 10.0 Å². The van der Waals surface area contributed by atoms with Crippen LogP contribution in [-0.4, -0.2) is 55.8 Å². The topological polar surface area (TPSA) is 93.0 Å². The fourth-order valence-corrected chi connectivity index (χ4v) is 4.59. The largest absolute Gasteiger partial charge is 0.449 e. The molecule has 2 aromatic rings. The Morgan fingerprint density at radius 1 is 1.07 bits per heavy atom. The third kappa shape index (κ3) is 4.27. The van der Waals surface area contributed by atoms with Crippen molar-refractivity contribution in [3.63, 3.8) is 0 Å². The standard InChI is InChI=1S/C18H20ClN3O5S/c1-13-3-5-17(15(19)11-13)27-18-6-4-14(12-16(18)22(23)24)28(25,26)21-9-7-20(2)8-10-21/h3-6,11-12H,7-10H2,1-2H3. The van der Waals surface area contributed by atoms with Crippen LogP contribution in [0, 0.1) is 17.0 Å². The number of ether oxygens (including phenoxy) is 1. The molecule has 0 saturated carbocycles. The molecule has 0 aliphatic carbocycles. The SMILES string of the molecule is Cc1ccc(Oc2ccc(S(=O)(=O)N3CCN(C)CC3)cc2[N+](=O)[O-])c(Cl)c1. The van der Waals surface area contributed by atoms with Crippen LogP contribution < -0.4 is 4.74 Å². The van der Waals surface area contributed by atoms with Crippen LogP contribution in [0.3, 0.4) is 0 Å². The molecule has 1 heterocycles. The first-order valence-electron chi connectivity index (χ1n) is 8.59. The summed E-state index contributed by atoms with van der Waals surface area (Å²) in [4.78, 5) is 12.8. The van der Waals surface area contributed by atoms with E-state index >= 15 is 0 Å². The minimum atomic E-state index is -3.82. The van der Waals surface area contributed by atoms with Gasteiger partial charge >= 0.3 is 5.69 Å². The van der Waals surface area contributed by atoms with Gasteiger partial charge in [0.2, 0.25) is 15.8 Å². The van der Waals surface area contributed by atoms with Gasteiger partial charge in [0.1, 0.15) is 5.75 Å². The third-order valence-corrected chi connectivity index (χ3v) is 6.72. The lowest BCUT2D eigenvalue weighted by Gasteiger charge is -2.31. The molecule has 1 saturated heterocycles. The van der Waals surface area contributed by atoms with Crippen LogP contribution in [0.1, 0.15) is 5.56 Å². The zero-order valence-corrected chi connectivity index (χ0v) is 17.0. The van der Waals surface area contributed by atoms with Gasteiger partial charge in [-0.15, -0.1) is 0 Å². The molecule has 0 bridgehead atoms. The predicted molar refractivity (Wildman–Crippen MR) is 106 cm³/mol. The fraction of sp³-hybridized carbons (Fsp3) is 0.333. The average molecular weight is 426 g/mol. The van der Waals surface area contributed by atoms with Crippen LogP contribution >= 0.6 is 11.6 Å². The van der Waals surface area contributed by atoms with E-state index in [1.54, 1.807) is 18.2 Å². The summed E-state index contributed by atoms with van der Waals surface area (Å²) in [6.07, 6.45) is 0. The Labute approximate surface area is 168 Å². The molecule has 3 rings (SSSR count). The van der Waals surface area contributed by atoms with E-state index in [9.17, 15) is 18.5 Å². The van der Waals surface area contributed by atoms with Gasteiger partial charge in [0, 0.05) is 32.2 Å². The van der Waals surface area contributed by atoms with Crippen molar-refractivity contribution in [3.05, 3.63) is 57.1 Å². The number of rotatable bonds is 5. The smallest absolute Gasteiger partial charge is 0.312 e. The lowest BCUT2D eigenvalue weighted by Crippen LogP contribution is -2.47. The Balaban J connectivity index is 1.94. The predicted octanol–water partition coefficient (Wildman–Crippen LogP) is 3.29. The molecule has 0 N–H and O–H groups in total. The number of nitro benzene ring substituents is 1. The summed E-state index contributed by atoms with van der Waals surface area (Å²) in [6, 6.07) is 8.69. The van der Waals surface area contributed by atoms with Crippen LogP contribution in [0.25, 0.3) is 0 Å². The average Bonchev–Trinajstić information content (AvgIpc) is 2.64. The van der Waals surface area contributed by atoms with Crippen LogP contribution in [0.2, 0.25) is 5.02 Å². The van der Waals surface area contributed by atoms with Crippen molar-refractivity contribution in [1.82, 2.24) is 9.21 Å². The van der Waals surface area contributed by atoms with E-state index in [1.165, 1.54) is 16.4 Å². The molecule has 0 amide bonds. The lowest BCUT2D eigenvalue weighted by atomic mass is 10.2. The number of nitro groups is 1. The van der Waals surface area contributed by atoms with Gasteiger partial charge in [0.25, 0.3) is 0 Å². The molecule has 150 valence electrons. The summed E-state index contributed by atoms with van der Waals surface area (Å²) in [5, 5.41) is 11.8. The van der Waals surface area contributed by atoms with Gasteiger partial charge in [-0.25, -0.2) is 8.42 Å². The molecule has 0 radical (unpaired) electrons. The number of sulfonamides is 1. The van der Waals surface area contributed by atoms with Gasteiger partial charge in [-0.1, -0.05) is 17.7 Å². The number of halogens is 1. The molecule has 1 aliphatic heterocycles. The second-order valence-corrected chi connectivity index (χ2v) is 8.98. The first-order valence-corrected chi connectivity index (χ1v) is 10.4. The maximum atomic E-state index is 12.9. The Hall–Kier alpha value is -2.20. The molecule has 1 fully saturated rings. The number of nitrogens with zero attached hydrogens (tertiary/aromatic N) is 3. The van der Waals surface area contributed by atoms with Crippen molar-refractivity contribution >= 4 is 27.3 Å². The fourth-order valence-electron chi connectivity index (χ4n) is 2.87. The Morgan fingerprint density at radius 3 is 2.32 bits per heavy atom. The quantitative estimate of drug-likeness (QED) is 0.539. The van der Waals surface area contributed by atoms with Crippen LogP contribution in [0.4, 0.5) is 5.69 Å². The van der Waals surface area contributed by atoms with E-state index in [-0.39, 0.29) is 16.4 Å². The van der Waals surface area contributed by atoms with Gasteiger partial charge in [-0.3, -0.25) is 10.1 Å². The Morgan fingerprint density at radius 2 is 1.71 bits per heavy atom. The van der Waals surface area contributed by atoms with Crippen molar-refractivity contribution < 1.29 is 18.1 Å². The molecule has 0 atom stereocenters. The highest BCUT2D eigenvalue weighted by Gasteiger charge is 2.30. The van der Waals surface area contributed by atoms with Crippen molar-refractivity contribution in [2.24, 2.45) is 0 Å². The molecule has 8 nitrogen and oxygen atoms in total. The highest BCUT2D eigenvalue weighted by atomic mass is 35.5. The summed E-state index contributed by atoms with van der Waals surface area (Å²) >= 11 is 6.13. The Bertz CT molecular complexity index is 1000. The van der Waals surface area contributed by atoms with E-state index in [4.69, 9.17) is 16.3 Å². The zero-order chi connectivity index (χ0) is 20.5. The van der Waals surface area contributed by atoms with Crippen LogP contribution in [0.15, 0.2) is 41.3 Å². The molecule has 1 aliphatic rings. The monoisotopic (exact) mass is 425 g/mol. The highest BCUT2D eigenvalue weighted by molar-refractivity contribution is 7.89. The van der Waals surface area contributed by atoms with Gasteiger partial charge in [0.05, 0.1) is 14.8 Å².